The minimum absolute atomic E-state index is 0.0870. The fourth-order valence-corrected chi connectivity index (χ4v) is 2.19. The molecule has 0 amide bonds. The Hall–Kier alpha value is -1.88. The average Bonchev–Trinajstić information content (AvgIpc) is 2.41. The van der Waals surface area contributed by atoms with Gasteiger partial charge in [0.15, 0.2) is 0 Å². The van der Waals surface area contributed by atoms with Crippen molar-refractivity contribution in [3.63, 3.8) is 0 Å². The first-order valence-corrected chi connectivity index (χ1v) is 6.74. The summed E-state index contributed by atoms with van der Waals surface area (Å²) < 4.78 is 18.8. The van der Waals surface area contributed by atoms with Crippen LogP contribution in [0.5, 0.6) is 0 Å². The Kier molecular flexibility index (Phi) is 4.39. The van der Waals surface area contributed by atoms with Crippen LogP contribution in [-0.4, -0.2) is 5.97 Å². The molecule has 2 aromatic carbocycles. The third kappa shape index (κ3) is 3.17. The van der Waals surface area contributed by atoms with Crippen molar-refractivity contribution >= 4 is 27.6 Å². The fourth-order valence-electron chi connectivity index (χ4n) is 1.72. The molecular formula is C15H13BrFNO2. The molecule has 3 nitrogen and oxygen atoms in total. The van der Waals surface area contributed by atoms with Gasteiger partial charge in [-0.15, -0.1) is 0 Å². The molecule has 0 radical (unpaired) electrons. The maximum Gasteiger partial charge on any atom is 0.339 e. The predicted octanol–water partition coefficient (Wildman–Crippen LogP) is 3.84. The maximum atomic E-state index is 13.2. The largest absolute Gasteiger partial charge is 0.457 e. The minimum atomic E-state index is -0.577. The number of nitrogens with two attached hydrogens (primary N) is 1. The van der Waals surface area contributed by atoms with Crippen LogP contribution in [0, 0.1) is 12.7 Å². The number of anilines is 1. The molecule has 20 heavy (non-hydrogen) atoms. The summed E-state index contributed by atoms with van der Waals surface area (Å²) in [4.78, 5) is 12.0. The van der Waals surface area contributed by atoms with E-state index in [2.05, 4.69) is 15.9 Å². The Labute approximate surface area is 124 Å². The van der Waals surface area contributed by atoms with Gasteiger partial charge in [-0.05, 0) is 46.1 Å². The SMILES string of the molecule is Cc1ccccc1COC(=O)c1cc(N)c(F)cc1Br. The summed E-state index contributed by atoms with van der Waals surface area (Å²) in [5.41, 5.74) is 7.54. The minimum Gasteiger partial charge on any atom is -0.457 e. The van der Waals surface area contributed by atoms with Crippen molar-refractivity contribution in [3.8, 4) is 0 Å². The number of benzene rings is 2. The monoisotopic (exact) mass is 337 g/mol. The molecule has 0 bridgehead atoms. The van der Waals surface area contributed by atoms with Gasteiger partial charge in [-0.1, -0.05) is 24.3 Å². The molecular weight excluding hydrogens is 325 g/mol. The molecule has 104 valence electrons. The molecule has 0 spiro atoms. The summed E-state index contributed by atoms with van der Waals surface area (Å²) in [6.07, 6.45) is 0. The lowest BCUT2D eigenvalue weighted by Gasteiger charge is -2.09. The van der Waals surface area contributed by atoms with Crippen LogP contribution in [0.3, 0.4) is 0 Å². The molecule has 0 aliphatic carbocycles. The first-order chi connectivity index (χ1) is 9.49. The van der Waals surface area contributed by atoms with Crippen molar-refractivity contribution in [2.24, 2.45) is 0 Å². The van der Waals surface area contributed by atoms with E-state index in [1.807, 2.05) is 31.2 Å². The molecule has 0 unspecified atom stereocenters. The van der Waals surface area contributed by atoms with E-state index in [0.717, 1.165) is 17.2 Å². The third-order valence-corrected chi connectivity index (χ3v) is 3.58. The Morgan fingerprint density at radius 1 is 1.35 bits per heavy atom. The highest BCUT2D eigenvalue weighted by Crippen LogP contribution is 2.24. The molecule has 0 aliphatic heterocycles. The normalized spacial score (nSPS) is 10.3. The first-order valence-electron chi connectivity index (χ1n) is 5.95. The number of rotatable bonds is 3. The van der Waals surface area contributed by atoms with Crippen LogP contribution >= 0.6 is 15.9 Å². The van der Waals surface area contributed by atoms with Gasteiger partial charge in [0.1, 0.15) is 12.4 Å². The van der Waals surface area contributed by atoms with Crippen LogP contribution in [0.1, 0.15) is 21.5 Å². The van der Waals surface area contributed by atoms with E-state index in [9.17, 15) is 9.18 Å². The Balaban J connectivity index is 2.13. The third-order valence-electron chi connectivity index (χ3n) is 2.93. The van der Waals surface area contributed by atoms with Gasteiger partial charge < -0.3 is 10.5 Å². The van der Waals surface area contributed by atoms with E-state index in [1.165, 1.54) is 6.07 Å². The van der Waals surface area contributed by atoms with E-state index < -0.39 is 11.8 Å². The van der Waals surface area contributed by atoms with Gasteiger partial charge in [0, 0.05) is 4.47 Å². The molecule has 0 heterocycles. The number of carbonyl (C=O) groups excluding carboxylic acids is 1. The smallest absolute Gasteiger partial charge is 0.339 e. The number of nitrogen functional groups attached to an aromatic ring is 1. The molecule has 0 fully saturated rings. The summed E-state index contributed by atoms with van der Waals surface area (Å²) in [6.45, 7) is 2.10. The molecule has 0 aliphatic rings. The molecule has 0 atom stereocenters. The zero-order valence-electron chi connectivity index (χ0n) is 10.8. The van der Waals surface area contributed by atoms with Crippen molar-refractivity contribution in [1.82, 2.24) is 0 Å². The van der Waals surface area contributed by atoms with Crippen LogP contribution in [0.15, 0.2) is 40.9 Å². The van der Waals surface area contributed by atoms with Crippen molar-refractivity contribution in [2.75, 3.05) is 5.73 Å². The zero-order chi connectivity index (χ0) is 14.7. The summed E-state index contributed by atoms with van der Waals surface area (Å²) in [6, 6.07) is 10.0. The fraction of sp³-hybridized carbons (Fsp3) is 0.133. The molecule has 0 aromatic heterocycles. The van der Waals surface area contributed by atoms with Gasteiger partial charge in [0.2, 0.25) is 0 Å². The topological polar surface area (TPSA) is 52.3 Å². The second kappa shape index (κ2) is 6.05. The number of halogens is 2. The molecule has 2 rings (SSSR count). The summed E-state index contributed by atoms with van der Waals surface area (Å²) in [5, 5.41) is 0. The molecule has 0 saturated heterocycles. The molecule has 2 N–H and O–H groups in total. The number of hydrogen-bond acceptors (Lipinski definition) is 3. The summed E-state index contributed by atoms with van der Waals surface area (Å²) in [5.74, 6) is -1.13. The van der Waals surface area contributed by atoms with Crippen LogP contribution in [-0.2, 0) is 11.3 Å². The van der Waals surface area contributed by atoms with Crippen LogP contribution in [0.25, 0.3) is 0 Å². The Bertz CT molecular complexity index is 658. The van der Waals surface area contributed by atoms with Gasteiger partial charge in [0.05, 0.1) is 11.3 Å². The Morgan fingerprint density at radius 3 is 2.75 bits per heavy atom. The predicted molar refractivity (Wildman–Crippen MR) is 78.8 cm³/mol. The van der Waals surface area contributed by atoms with E-state index in [-0.39, 0.29) is 17.9 Å². The number of hydrogen-bond donors (Lipinski definition) is 1. The highest BCUT2D eigenvalue weighted by atomic mass is 79.9. The van der Waals surface area contributed by atoms with E-state index in [1.54, 1.807) is 0 Å². The quantitative estimate of drug-likeness (QED) is 0.683. The molecule has 5 heteroatoms. The second-order valence-electron chi connectivity index (χ2n) is 4.36. The zero-order valence-corrected chi connectivity index (χ0v) is 12.4. The highest BCUT2D eigenvalue weighted by Gasteiger charge is 2.15. The van der Waals surface area contributed by atoms with Gasteiger partial charge in [-0.2, -0.15) is 0 Å². The van der Waals surface area contributed by atoms with Crippen molar-refractivity contribution in [1.29, 1.82) is 0 Å². The van der Waals surface area contributed by atoms with Crippen molar-refractivity contribution in [3.05, 3.63) is 63.4 Å². The van der Waals surface area contributed by atoms with Crippen LogP contribution in [0.4, 0.5) is 10.1 Å². The molecule has 0 saturated carbocycles. The number of ether oxygens (including phenoxy) is 1. The average molecular weight is 338 g/mol. The number of carbonyl (C=O) groups is 1. The van der Waals surface area contributed by atoms with Gasteiger partial charge >= 0.3 is 5.97 Å². The maximum absolute atomic E-state index is 13.2. The lowest BCUT2D eigenvalue weighted by atomic mass is 10.1. The summed E-state index contributed by atoms with van der Waals surface area (Å²) >= 11 is 3.13. The van der Waals surface area contributed by atoms with Gasteiger partial charge in [-0.25, -0.2) is 9.18 Å². The standard InChI is InChI=1S/C15H13BrFNO2/c1-9-4-2-3-5-10(9)8-20-15(19)11-6-14(18)13(17)7-12(11)16/h2-7H,8,18H2,1H3. The van der Waals surface area contributed by atoms with Gasteiger partial charge in [-0.3, -0.25) is 0 Å². The van der Waals surface area contributed by atoms with E-state index >= 15 is 0 Å². The van der Waals surface area contributed by atoms with E-state index in [0.29, 0.717) is 4.47 Å². The highest BCUT2D eigenvalue weighted by molar-refractivity contribution is 9.10. The van der Waals surface area contributed by atoms with E-state index in [4.69, 9.17) is 10.5 Å². The lowest BCUT2D eigenvalue weighted by molar-refractivity contribution is 0.0471. The number of esters is 1. The summed E-state index contributed by atoms with van der Waals surface area (Å²) in [7, 11) is 0. The van der Waals surface area contributed by atoms with Crippen LogP contribution in [0.2, 0.25) is 0 Å². The van der Waals surface area contributed by atoms with Crippen molar-refractivity contribution in [2.45, 2.75) is 13.5 Å². The van der Waals surface area contributed by atoms with Gasteiger partial charge in [0.25, 0.3) is 0 Å². The Morgan fingerprint density at radius 2 is 2.05 bits per heavy atom. The molecule has 2 aromatic rings. The number of aryl methyl sites for hydroxylation is 1. The van der Waals surface area contributed by atoms with Crippen molar-refractivity contribution < 1.29 is 13.9 Å². The van der Waals surface area contributed by atoms with Crippen LogP contribution < -0.4 is 5.73 Å². The second-order valence-corrected chi connectivity index (χ2v) is 5.21. The first kappa shape index (κ1) is 14.5. The lowest BCUT2D eigenvalue weighted by Crippen LogP contribution is -2.08.